The molecule has 24 heavy (non-hydrogen) atoms. The Morgan fingerprint density at radius 2 is 2.08 bits per heavy atom. The monoisotopic (exact) mass is 347 g/mol. The van der Waals surface area contributed by atoms with E-state index in [1.165, 1.54) is 31.5 Å². The number of halogens is 1. The van der Waals surface area contributed by atoms with Gasteiger partial charge in [-0.15, -0.1) is 0 Å². The minimum Gasteiger partial charge on any atom is -0.496 e. The van der Waals surface area contributed by atoms with Gasteiger partial charge in [-0.25, -0.2) is 5.43 Å². The van der Waals surface area contributed by atoms with Gasteiger partial charge in [0, 0.05) is 22.7 Å². The number of hydrogen-bond acceptors (Lipinski definition) is 5. The first-order valence-electron chi connectivity index (χ1n) is 6.84. The fourth-order valence-electron chi connectivity index (χ4n) is 1.95. The van der Waals surface area contributed by atoms with E-state index in [-0.39, 0.29) is 10.7 Å². The standard InChI is InChI=1S/C16H14ClN3O4/c1-10-3-5-13(15(7-10)24-2)16(21)19-18-9-11-8-12(20(22)23)4-6-14(11)17/h3-9H,1-2H3,(H,19,21)/b18-9-. The Hall–Kier alpha value is -2.93. The summed E-state index contributed by atoms with van der Waals surface area (Å²) in [7, 11) is 1.47. The summed E-state index contributed by atoms with van der Waals surface area (Å²) in [4.78, 5) is 22.4. The molecule has 0 aliphatic carbocycles. The molecular formula is C16H14ClN3O4. The highest BCUT2D eigenvalue weighted by Crippen LogP contribution is 2.21. The second kappa shape index (κ2) is 7.56. The van der Waals surface area contributed by atoms with Crippen LogP contribution >= 0.6 is 11.6 Å². The third-order valence-corrected chi connectivity index (χ3v) is 3.51. The number of hydrogen-bond donors (Lipinski definition) is 1. The van der Waals surface area contributed by atoms with E-state index in [1.54, 1.807) is 18.2 Å². The second-order valence-corrected chi connectivity index (χ2v) is 5.27. The van der Waals surface area contributed by atoms with Crippen molar-refractivity contribution >= 4 is 29.4 Å². The highest BCUT2D eigenvalue weighted by Gasteiger charge is 2.12. The molecule has 0 saturated heterocycles. The van der Waals surface area contributed by atoms with E-state index in [9.17, 15) is 14.9 Å². The number of amides is 1. The number of nitrogens with one attached hydrogen (secondary N) is 1. The van der Waals surface area contributed by atoms with Crippen molar-refractivity contribution < 1.29 is 14.5 Å². The number of nitrogens with zero attached hydrogens (tertiary/aromatic N) is 2. The number of rotatable bonds is 5. The lowest BCUT2D eigenvalue weighted by atomic mass is 10.1. The van der Waals surface area contributed by atoms with Gasteiger partial charge in [0.25, 0.3) is 11.6 Å². The molecule has 0 aliphatic rings. The van der Waals surface area contributed by atoms with Crippen LogP contribution in [0.4, 0.5) is 5.69 Å². The van der Waals surface area contributed by atoms with Crippen LogP contribution in [0.25, 0.3) is 0 Å². The molecule has 0 atom stereocenters. The van der Waals surface area contributed by atoms with Crippen molar-refractivity contribution in [1.29, 1.82) is 0 Å². The Kier molecular flexibility index (Phi) is 5.49. The van der Waals surface area contributed by atoms with E-state index in [0.717, 1.165) is 5.56 Å². The Morgan fingerprint density at radius 1 is 1.33 bits per heavy atom. The van der Waals surface area contributed by atoms with Gasteiger partial charge in [0.05, 0.1) is 23.8 Å². The molecule has 0 heterocycles. The molecule has 0 aliphatic heterocycles. The van der Waals surface area contributed by atoms with E-state index in [4.69, 9.17) is 16.3 Å². The van der Waals surface area contributed by atoms with Crippen molar-refractivity contribution in [2.45, 2.75) is 6.92 Å². The molecule has 0 saturated carbocycles. The normalized spacial score (nSPS) is 10.6. The van der Waals surface area contributed by atoms with Crippen LogP contribution in [-0.4, -0.2) is 24.2 Å². The summed E-state index contributed by atoms with van der Waals surface area (Å²) in [5.74, 6) is -0.0410. The molecule has 2 aromatic rings. The number of hydrazone groups is 1. The molecule has 2 rings (SSSR count). The first kappa shape index (κ1) is 17.4. The van der Waals surface area contributed by atoms with Crippen LogP contribution in [0.15, 0.2) is 41.5 Å². The van der Waals surface area contributed by atoms with Crippen molar-refractivity contribution in [1.82, 2.24) is 5.43 Å². The van der Waals surface area contributed by atoms with Crippen LogP contribution < -0.4 is 10.2 Å². The average molecular weight is 348 g/mol. The zero-order valence-corrected chi connectivity index (χ0v) is 13.7. The summed E-state index contributed by atoms with van der Waals surface area (Å²) in [5, 5.41) is 14.8. The van der Waals surface area contributed by atoms with E-state index < -0.39 is 10.8 Å². The molecular weight excluding hydrogens is 334 g/mol. The van der Waals surface area contributed by atoms with Gasteiger partial charge in [-0.3, -0.25) is 14.9 Å². The molecule has 1 amide bonds. The topological polar surface area (TPSA) is 93.8 Å². The minimum atomic E-state index is -0.538. The van der Waals surface area contributed by atoms with Crippen LogP contribution in [0.2, 0.25) is 5.02 Å². The molecule has 0 fully saturated rings. The van der Waals surface area contributed by atoms with Gasteiger partial charge >= 0.3 is 0 Å². The molecule has 7 nitrogen and oxygen atoms in total. The molecule has 0 aromatic heterocycles. The fourth-order valence-corrected chi connectivity index (χ4v) is 2.12. The Balaban J connectivity index is 2.16. The summed E-state index contributed by atoms with van der Waals surface area (Å²) < 4.78 is 5.16. The first-order chi connectivity index (χ1) is 11.4. The predicted molar refractivity (Wildman–Crippen MR) is 90.9 cm³/mol. The summed E-state index contributed by atoms with van der Waals surface area (Å²) in [6.07, 6.45) is 1.24. The SMILES string of the molecule is COc1cc(C)ccc1C(=O)N/N=C\c1cc([N+](=O)[O-])ccc1Cl. The van der Waals surface area contributed by atoms with Gasteiger partial charge in [-0.1, -0.05) is 17.7 Å². The van der Waals surface area contributed by atoms with Gasteiger partial charge in [0.15, 0.2) is 0 Å². The highest BCUT2D eigenvalue weighted by molar-refractivity contribution is 6.33. The van der Waals surface area contributed by atoms with Crippen LogP contribution in [0.3, 0.4) is 0 Å². The predicted octanol–water partition coefficient (Wildman–Crippen LogP) is 3.33. The number of carbonyl (C=O) groups excluding carboxylic acids is 1. The number of carbonyl (C=O) groups is 1. The molecule has 0 spiro atoms. The maximum absolute atomic E-state index is 12.1. The molecule has 0 unspecified atom stereocenters. The van der Waals surface area contributed by atoms with Gasteiger partial charge in [-0.05, 0) is 30.7 Å². The van der Waals surface area contributed by atoms with Crippen molar-refractivity contribution in [3.63, 3.8) is 0 Å². The number of non-ortho nitro benzene ring substituents is 1. The van der Waals surface area contributed by atoms with Gasteiger partial charge < -0.3 is 4.74 Å². The van der Waals surface area contributed by atoms with Gasteiger partial charge in [-0.2, -0.15) is 5.10 Å². The number of benzene rings is 2. The van der Waals surface area contributed by atoms with Crippen molar-refractivity contribution in [2.75, 3.05) is 7.11 Å². The lowest BCUT2D eigenvalue weighted by Crippen LogP contribution is -2.18. The third kappa shape index (κ3) is 4.08. The largest absolute Gasteiger partial charge is 0.496 e. The van der Waals surface area contributed by atoms with Gasteiger partial charge in [0.1, 0.15) is 5.75 Å². The van der Waals surface area contributed by atoms with Gasteiger partial charge in [0.2, 0.25) is 0 Å². The number of nitro groups is 1. The average Bonchev–Trinajstić information content (AvgIpc) is 2.55. The molecule has 0 radical (unpaired) electrons. The Bertz CT molecular complexity index is 821. The van der Waals surface area contributed by atoms with Crippen LogP contribution in [-0.2, 0) is 0 Å². The van der Waals surface area contributed by atoms with Crippen molar-refractivity contribution in [2.24, 2.45) is 5.10 Å². The summed E-state index contributed by atoms with van der Waals surface area (Å²) >= 11 is 5.95. The summed E-state index contributed by atoms with van der Waals surface area (Å²) in [6.45, 7) is 1.88. The number of methoxy groups -OCH3 is 1. The number of aryl methyl sites for hydroxylation is 1. The van der Waals surface area contributed by atoms with E-state index in [1.807, 2.05) is 6.92 Å². The zero-order valence-electron chi connectivity index (χ0n) is 12.9. The smallest absolute Gasteiger partial charge is 0.275 e. The lowest BCUT2D eigenvalue weighted by molar-refractivity contribution is -0.384. The maximum atomic E-state index is 12.1. The zero-order chi connectivity index (χ0) is 17.7. The summed E-state index contributed by atoms with van der Waals surface area (Å²) in [6, 6.07) is 9.08. The number of ether oxygens (including phenoxy) is 1. The molecule has 2 aromatic carbocycles. The Morgan fingerprint density at radius 3 is 2.75 bits per heavy atom. The maximum Gasteiger partial charge on any atom is 0.275 e. The van der Waals surface area contributed by atoms with Crippen LogP contribution in [0, 0.1) is 17.0 Å². The number of nitro benzene ring substituents is 1. The Labute approximate surface area is 143 Å². The molecule has 124 valence electrons. The fraction of sp³-hybridized carbons (Fsp3) is 0.125. The second-order valence-electron chi connectivity index (χ2n) is 4.87. The third-order valence-electron chi connectivity index (χ3n) is 3.16. The first-order valence-corrected chi connectivity index (χ1v) is 7.22. The molecule has 1 N–H and O–H groups in total. The molecule has 8 heteroatoms. The van der Waals surface area contributed by atoms with Crippen LogP contribution in [0.1, 0.15) is 21.5 Å². The lowest BCUT2D eigenvalue weighted by Gasteiger charge is -2.07. The summed E-state index contributed by atoms with van der Waals surface area (Å²) in [5.41, 5.74) is 3.82. The van der Waals surface area contributed by atoms with Crippen molar-refractivity contribution in [3.05, 3.63) is 68.2 Å². The quantitative estimate of drug-likeness (QED) is 0.510. The van der Waals surface area contributed by atoms with Crippen molar-refractivity contribution in [3.8, 4) is 5.75 Å². The minimum absolute atomic E-state index is 0.118. The van der Waals surface area contributed by atoms with E-state index >= 15 is 0 Å². The van der Waals surface area contributed by atoms with E-state index in [2.05, 4.69) is 10.5 Å². The molecule has 0 bridgehead atoms. The van der Waals surface area contributed by atoms with E-state index in [0.29, 0.717) is 16.9 Å². The highest BCUT2D eigenvalue weighted by atomic mass is 35.5. The van der Waals surface area contributed by atoms with Crippen LogP contribution in [0.5, 0.6) is 5.75 Å².